The molecule has 0 spiro atoms. The van der Waals surface area contributed by atoms with Gasteiger partial charge < -0.3 is 28.3 Å². The molecule has 0 saturated carbocycles. The SMILES string of the molecule is COCCN(Cc1cccn1Cc1cccc(OC)c1)C[C@@H](O)COCc1ccco1. The number of aromatic nitrogens is 1. The Labute approximate surface area is 183 Å². The zero-order valence-electron chi connectivity index (χ0n) is 18.3. The molecule has 3 aromatic rings. The van der Waals surface area contributed by atoms with E-state index in [1.807, 2.05) is 36.4 Å². The molecule has 1 N–H and O–H groups in total. The Kier molecular flexibility index (Phi) is 9.17. The van der Waals surface area contributed by atoms with Crippen LogP contribution in [0, 0.1) is 0 Å². The number of benzene rings is 1. The molecule has 0 amide bonds. The van der Waals surface area contributed by atoms with Gasteiger partial charge in [-0.15, -0.1) is 0 Å². The summed E-state index contributed by atoms with van der Waals surface area (Å²) in [6, 6.07) is 15.9. The van der Waals surface area contributed by atoms with Gasteiger partial charge >= 0.3 is 0 Å². The van der Waals surface area contributed by atoms with E-state index >= 15 is 0 Å². The number of aliphatic hydroxyl groups is 1. The minimum atomic E-state index is -0.603. The summed E-state index contributed by atoms with van der Waals surface area (Å²) in [7, 11) is 3.37. The summed E-state index contributed by atoms with van der Waals surface area (Å²) in [5.74, 6) is 1.60. The minimum absolute atomic E-state index is 0.245. The maximum Gasteiger partial charge on any atom is 0.129 e. The van der Waals surface area contributed by atoms with E-state index in [1.165, 1.54) is 11.3 Å². The van der Waals surface area contributed by atoms with E-state index in [9.17, 15) is 5.11 Å². The maximum absolute atomic E-state index is 10.5. The molecule has 7 nitrogen and oxygen atoms in total. The number of hydrogen-bond donors (Lipinski definition) is 1. The van der Waals surface area contributed by atoms with Gasteiger partial charge in [-0.2, -0.15) is 0 Å². The zero-order chi connectivity index (χ0) is 21.9. The molecular weight excluding hydrogens is 396 g/mol. The summed E-state index contributed by atoms with van der Waals surface area (Å²) in [6.07, 6.45) is 3.09. The van der Waals surface area contributed by atoms with Crippen LogP contribution >= 0.6 is 0 Å². The molecule has 0 aliphatic carbocycles. The van der Waals surface area contributed by atoms with Crippen LogP contribution in [0.25, 0.3) is 0 Å². The van der Waals surface area contributed by atoms with Crippen molar-refractivity contribution in [2.24, 2.45) is 0 Å². The maximum atomic E-state index is 10.5. The van der Waals surface area contributed by atoms with Crippen molar-refractivity contribution in [1.29, 1.82) is 0 Å². The number of hydrogen-bond acceptors (Lipinski definition) is 6. The molecule has 2 aromatic heterocycles. The first-order valence-corrected chi connectivity index (χ1v) is 10.4. The Bertz CT molecular complexity index is 878. The number of rotatable bonds is 14. The Balaban J connectivity index is 1.56. The van der Waals surface area contributed by atoms with Gasteiger partial charge in [-0.25, -0.2) is 0 Å². The Morgan fingerprint density at radius 1 is 1.13 bits per heavy atom. The fraction of sp³-hybridized carbons (Fsp3) is 0.417. The second kappa shape index (κ2) is 12.3. The van der Waals surface area contributed by atoms with Crippen LogP contribution in [0.15, 0.2) is 65.4 Å². The molecule has 2 heterocycles. The van der Waals surface area contributed by atoms with Gasteiger partial charge in [-0.05, 0) is 42.0 Å². The van der Waals surface area contributed by atoms with E-state index in [4.69, 9.17) is 18.6 Å². The largest absolute Gasteiger partial charge is 0.497 e. The van der Waals surface area contributed by atoms with Crippen LogP contribution in [0.1, 0.15) is 17.0 Å². The summed E-state index contributed by atoms with van der Waals surface area (Å²) < 4.78 is 23.7. The molecule has 0 unspecified atom stereocenters. The second-order valence-electron chi connectivity index (χ2n) is 7.46. The van der Waals surface area contributed by atoms with Gasteiger partial charge in [0.1, 0.15) is 18.1 Å². The summed E-state index contributed by atoms with van der Waals surface area (Å²) >= 11 is 0. The van der Waals surface area contributed by atoms with Crippen LogP contribution in [0.2, 0.25) is 0 Å². The van der Waals surface area contributed by atoms with Crippen molar-refractivity contribution in [1.82, 2.24) is 9.47 Å². The molecule has 31 heavy (non-hydrogen) atoms. The van der Waals surface area contributed by atoms with Gasteiger partial charge in [-0.3, -0.25) is 4.90 Å². The highest BCUT2D eigenvalue weighted by Gasteiger charge is 2.15. The highest BCUT2D eigenvalue weighted by Crippen LogP contribution is 2.16. The van der Waals surface area contributed by atoms with Gasteiger partial charge in [-0.1, -0.05) is 12.1 Å². The molecule has 0 aliphatic heterocycles. The molecule has 168 valence electrons. The van der Waals surface area contributed by atoms with Crippen molar-refractivity contribution >= 4 is 0 Å². The summed E-state index contributed by atoms with van der Waals surface area (Å²) in [4.78, 5) is 2.18. The van der Waals surface area contributed by atoms with Crippen LogP contribution in [0.3, 0.4) is 0 Å². The van der Waals surface area contributed by atoms with E-state index in [-0.39, 0.29) is 6.61 Å². The first-order chi connectivity index (χ1) is 15.2. The van der Waals surface area contributed by atoms with Crippen molar-refractivity contribution < 1.29 is 23.7 Å². The number of nitrogens with zero attached hydrogens (tertiary/aromatic N) is 2. The van der Waals surface area contributed by atoms with Crippen molar-refractivity contribution in [3.05, 3.63) is 78.0 Å². The van der Waals surface area contributed by atoms with Crippen LogP contribution < -0.4 is 4.74 Å². The molecule has 7 heteroatoms. The average Bonchev–Trinajstić information content (AvgIpc) is 3.44. The van der Waals surface area contributed by atoms with E-state index < -0.39 is 6.10 Å². The summed E-state index contributed by atoms with van der Waals surface area (Å²) in [5, 5.41) is 10.5. The second-order valence-corrected chi connectivity index (χ2v) is 7.46. The topological polar surface area (TPSA) is 69.2 Å². The Hall–Kier alpha value is -2.58. The lowest BCUT2D eigenvalue weighted by Gasteiger charge is -2.25. The highest BCUT2D eigenvalue weighted by atomic mass is 16.5. The van der Waals surface area contributed by atoms with Gasteiger partial charge in [0.2, 0.25) is 0 Å². The van der Waals surface area contributed by atoms with E-state index in [0.29, 0.717) is 26.3 Å². The predicted molar refractivity (Wildman–Crippen MR) is 118 cm³/mol. The predicted octanol–water partition coefficient (Wildman–Crippen LogP) is 3.16. The Morgan fingerprint density at radius 3 is 2.81 bits per heavy atom. The van der Waals surface area contributed by atoms with Crippen molar-refractivity contribution in [2.75, 3.05) is 40.5 Å². The van der Waals surface area contributed by atoms with Gasteiger partial charge in [0.05, 0.1) is 32.7 Å². The molecule has 1 aromatic carbocycles. The van der Waals surface area contributed by atoms with Gasteiger partial charge in [0, 0.05) is 45.2 Å². The van der Waals surface area contributed by atoms with Crippen LogP contribution in [0.5, 0.6) is 5.75 Å². The minimum Gasteiger partial charge on any atom is -0.497 e. The van der Waals surface area contributed by atoms with E-state index in [0.717, 1.165) is 24.6 Å². The quantitative estimate of drug-likeness (QED) is 0.425. The third kappa shape index (κ3) is 7.56. The molecule has 0 radical (unpaired) electrons. The van der Waals surface area contributed by atoms with Crippen molar-refractivity contribution in [3.8, 4) is 5.75 Å². The zero-order valence-corrected chi connectivity index (χ0v) is 18.3. The van der Waals surface area contributed by atoms with Crippen molar-refractivity contribution in [2.45, 2.75) is 25.8 Å². The van der Waals surface area contributed by atoms with Crippen molar-refractivity contribution in [3.63, 3.8) is 0 Å². The van der Waals surface area contributed by atoms with E-state index in [1.54, 1.807) is 20.5 Å². The molecule has 0 fully saturated rings. The fourth-order valence-electron chi connectivity index (χ4n) is 3.44. The third-order valence-electron chi connectivity index (χ3n) is 5.01. The first kappa shape index (κ1) is 23.1. The summed E-state index contributed by atoms with van der Waals surface area (Å²) in [5.41, 5.74) is 2.34. The monoisotopic (exact) mass is 428 g/mol. The molecule has 0 aliphatic rings. The number of ether oxygens (including phenoxy) is 3. The molecule has 1 atom stereocenters. The molecular formula is C24H32N2O5. The van der Waals surface area contributed by atoms with Crippen LogP contribution in [0.4, 0.5) is 0 Å². The number of furan rings is 1. The lowest BCUT2D eigenvalue weighted by atomic mass is 10.2. The van der Waals surface area contributed by atoms with Gasteiger partial charge in [0.25, 0.3) is 0 Å². The average molecular weight is 429 g/mol. The number of methoxy groups -OCH3 is 2. The fourth-order valence-corrected chi connectivity index (χ4v) is 3.44. The lowest BCUT2D eigenvalue weighted by Crippen LogP contribution is -2.37. The van der Waals surface area contributed by atoms with E-state index in [2.05, 4.69) is 27.8 Å². The third-order valence-corrected chi connectivity index (χ3v) is 5.01. The normalized spacial score (nSPS) is 12.4. The molecule has 0 bridgehead atoms. The Morgan fingerprint density at radius 2 is 2.03 bits per heavy atom. The van der Waals surface area contributed by atoms with Crippen LogP contribution in [-0.4, -0.2) is 61.2 Å². The van der Waals surface area contributed by atoms with Gasteiger partial charge in [0.15, 0.2) is 0 Å². The lowest BCUT2D eigenvalue weighted by molar-refractivity contribution is 0.000155. The molecule has 3 rings (SSSR count). The standard InChI is InChI=1S/C24H32N2O5/c1-28-13-11-25(17-22(27)18-30-19-24-9-5-12-31-24)16-21-7-4-10-26(21)15-20-6-3-8-23(14-20)29-2/h3-10,12,14,22,27H,11,13,15-19H2,1-2H3/t22-/m1/s1. The molecule has 0 saturated heterocycles. The highest BCUT2D eigenvalue weighted by molar-refractivity contribution is 5.29. The first-order valence-electron chi connectivity index (χ1n) is 10.4. The smallest absolute Gasteiger partial charge is 0.129 e. The summed E-state index contributed by atoms with van der Waals surface area (Å²) in [6.45, 7) is 3.86. The number of aliphatic hydroxyl groups excluding tert-OH is 1. The van der Waals surface area contributed by atoms with Crippen LogP contribution in [-0.2, 0) is 29.2 Å².